The predicted molar refractivity (Wildman–Crippen MR) is 67.8 cm³/mol. The third-order valence-electron chi connectivity index (χ3n) is 2.54. The zero-order valence-corrected chi connectivity index (χ0v) is 10.5. The first kappa shape index (κ1) is 13.3. The fourth-order valence-corrected chi connectivity index (χ4v) is 1.79. The highest BCUT2D eigenvalue weighted by atomic mass is 35.5. The Labute approximate surface area is 102 Å². The van der Waals surface area contributed by atoms with Crippen molar-refractivity contribution in [3.8, 4) is 5.75 Å². The van der Waals surface area contributed by atoms with Crippen molar-refractivity contribution in [3.05, 3.63) is 28.8 Å². The van der Waals surface area contributed by atoms with E-state index in [0.29, 0.717) is 10.8 Å². The number of halogens is 1. The third kappa shape index (κ3) is 3.67. The van der Waals surface area contributed by atoms with Crippen molar-refractivity contribution in [1.82, 2.24) is 0 Å². The molecule has 4 heteroatoms. The van der Waals surface area contributed by atoms with Gasteiger partial charge in [-0.2, -0.15) is 0 Å². The second-order valence-corrected chi connectivity index (χ2v) is 4.46. The Kier molecular flexibility index (Phi) is 5.06. The number of nitrogens with two attached hydrogens (primary N) is 2. The van der Waals surface area contributed by atoms with Gasteiger partial charge in [0.2, 0.25) is 0 Å². The fraction of sp³-hybridized carbons (Fsp3) is 0.500. The molecule has 2 atom stereocenters. The lowest BCUT2D eigenvalue weighted by Gasteiger charge is -2.14. The molecule has 0 saturated heterocycles. The van der Waals surface area contributed by atoms with E-state index in [2.05, 4.69) is 0 Å². The summed E-state index contributed by atoms with van der Waals surface area (Å²) >= 11 is 6.03. The summed E-state index contributed by atoms with van der Waals surface area (Å²) in [5.74, 6) is 0.671. The van der Waals surface area contributed by atoms with Gasteiger partial charge in [0, 0.05) is 12.1 Å². The number of methoxy groups -OCH3 is 1. The van der Waals surface area contributed by atoms with E-state index in [1.165, 1.54) is 0 Å². The molecule has 0 bridgehead atoms. The normalized spacial score (nSPS) is 14.6. The van der Waals surface area contributed by atoms with Crippen LogP contribution in [0, 0.1) is 0 Å². The Morgan fingerprint density at radius 2 is 2.00 bits per heavy atom. The van der Waals surface area contributed by atoms with Crippen molar-refractivity contribution in [2.45, 2.75) is 31.8 Å². The van der Waals surface area contributed by atoms with Crippen LogP contribution in [0.15, 0.2) is 18.2 Å². The van der Waals surface area contributed by atoms with Gasteiger partial charge in [0.25, 0.3) is 0 Å². The van der Waals surface area contributed by atoms with Crippen LogP contribution in [0.4, 0.5) is 0 Å². The molecule has 0 heterocycles. The number of ether oxygens (including phenoxy) is 1. The minimum absolute atomic E-state index is 0.0191. The van der Waals surface area contributed by atoms with Crippen LogP contribution in [0.1, 0.15) is 31.4 Å². The van der Waals surface area contributed by atoms with Crippen molar-refractivity contribution in [2.75, 3.05) is 7.11 Å². The van der Waals surface area contributed by atoms with Gasteiger partial charge in [0.05, 0.1) is 12.1 Å². The van der Waals surface area contributed by atoms with E-state index in [4.69, 9.17) is 27.8 Å². The van der Waals surface area contributed by atoms with Crippen LogP contribution in [-0.4, -0.2) is 13.2 Å². The molecule has 0 amide bonds. The summed E-state index contributed by atoms with van der Waals surface area (Å²) < 4.78 is 5.09. The van der Waals surface area contributed by atoms with E-state index < -0.39 is 0 Å². The van der Waals surface area contributed by atoms with Crippen molar-refractivity contribution >= 4 is 11.6 Å². The van der Waals surface area contributed by atoms with Crippen LogP contribution < -0.4 is 16.2 Å². The van der Waals surface area contributed by atoms with E-state index in [9.17, 15) is 0 Å². The van der Waals surface area contributed by atoms with Gasteiger partial charge in [-0.15, -0.1) is 0 Å². The quantitative estimate of drug-likeness (QED) is 0.834. The van der Waals surface area contributed by atoms with Crippen LogP contribution in [0.3, 0.4) is 0 Å². The molecular formula is C12H19ClN2O. The molecule has 0 saturated carbocycles. The molecule has 0 fully saturated rings. The molecule has 1 aromatic rings. The summed E-state index contributed by atoms with van der Waals surface area (Å²) in [6.45, 7) is 1.98. The highest BCUT2D eigenvalue weighted by Crippen LogP contribution is 2.28. The van der Waals surface area contributed by atoms with Gasteiger partial charge in [-0.25, -0.2) is 0 Å². The zero-order chi connectivity index (χ0) is 12.1. The van der Waals surface area contributed by atoms with E-state index in [0.717, 1.165) is 18.4 Å². The van der Waals surface area contributed by atoms with Crippen molar-refractivity contribution < 1.29 is 4.74 Å². The minimum atomic E-state index is -0.0191. The Hall–Kier alpha value is -0.770. The molecule has 3 nitrogen and oxygen atoms in total. The van der Waals surface area contributed by atoms with Crippen molar-refractivity contribution in [2.24, 2.45) is 11.5 Å². The number of rotatable bonds is 5. The van der Waals surface area contributed by atoms with Gasteiger partial charge in [-0.1, -0.05) is 17.7 Å². The largest absolute Gasteiger partial charge is 0.495 e. The molecule has 0 aromatic heterocycles. The SMILES string of the molecule is COc1ccc(C(N)CCC(C)N)cc1Cl. The van der Waals surface area contributed by atoms with Gasteiger partial charge in [-0.05, 0) is 37.5 Å². The molecule has 4 N–H and O–H groups in total. The smallest absolute Gasteiger partial charge is 0.137 e. The molecule has 1 rings (SSSR count). The Morgan fingerprint density at radius 1 is 1.31 bits per heavy atom. The van der Waals surface area contributed by atoms with Crippen LogP contribution >= 0.6 is 11.6 Å². The number of benzene rings is 1. The molecule has 0 aliphatic carbocycles. The Morgan fingerprint density at radius 3 is 2.50 bits per heavy atom. The molecule has 0 spiro atoms. The number of hydrogen-bond donors (Lipinski definition) is 2. The molecule has 0 aliphatic rings. The second-order valence-electron chi connectivity index (χ2n) is 4.06. The Bertz CT molecular complexity index is 342. The second kappa shape index (κ2) is 6.09. The summed E-state index contributed by atoms with van der Waals surface area (Å²) in [7, 11) is 1.59. The molecule has 0 radical (unpaired) electrons. The molecule has 90 valence electrons. The Balaban J connectivity index is 2.69. The van der Waals surface area contributed by atoms with Gasteiger partial charge in [0.15, 0.2) is 0 Å². The molecule has 0 aliphatic heterocycles. The molecular weight excluding hydrogens is 224 g/mol. The summed E-state index contributed by atoms with van der Waals surface area (Å²) in [5.41, 5.74) is 12.8. The summed E-state index contributed by atoms with van der Waals surface area (Å²) in [5, 5.41) is 0.594. The van der Waals surface area contributed by atoms with Gasteiger partial charge in [0.1, 0.15) is 5.75 Å². The monoisotopic (exact) mass is 242 g/mol. The first-order valence-electron chi connectivity index (χ1n) is 5.39. The average molecular weight is 243 g/mol. The topological polar surface area (TPSA) is 61.3 Å². The molecule has 1 aromatic carbocycles. The fourth-order valence-electron chi connectivity index (χ4n) is 1.52. The lowest BCUT2D eigenvalue weighted by Crippen LogP contribution is -2.18. The summed E-state index contributed by atoms with van der Waals surface area (Å²) in [6.07, 6.45) is 1.77. The summed E-state index contributed by atoms with van der Waals surface area (Å²) in [4.78, 5) is 0. The van der Waals surface area contributed by atoms with Crippen LogP contribution in [-0.2, 0) is 0 Å². The van der Waals surface area contributed by atoms with Gasteiger partial charge >= 0.3 is 0 Å². The maximum Gasteiger partial charge on any atom is 0.137 e. The van der Waals surface area contributed by atoms with Crippen LogP contribution in [0.25, 0.3) is 0 Å². The highest BCUT2D eigenvalue weighted by molar-refractivity contribution is 6.32. The first-order chi connectivity index (χ1) is 7.54. The minimum Gasteiger partial charge on any atom is -0.495 e. The lowest BCUT2D eigenvalue weighted by molar-refractivity contribution is 0.414. The van der Waals surface area contributed by atoms with E-state index >= 15 is 0 Å². The van der Waals surface area contributed by atoms with E-state index in [1.807, 2.05) is 25.1 Å². The van der Waals surface area contributed by atoms with E-state index in [1.54, 1.807) is 7.11 Å². The van der Waals surface area contributed by atoms with Gasteiger partial charge in [-0.3, -0.25) is 0 Å². The van der Waals surface area contributed by atoms with Crippen LogP contribution in [0.5, 0.6) is 5.75 Å². The molecule has 2 unspecified atom stereocenters. The predicted octanol–water partition coefficient (Wildman–Crippen LogP) is 2.48. The average Bonchev–Trinajstić information content (AvgIpc) is 2.25. The highest BCUT2D eigenvalue weighted by Gasteiger charge is 2.09. The number of hydrogen-bond acceptors (Lipinski definition) is 3. The standard InChI is InChI=1S/C12H19ClN2O/c1-8(14)3-5-11(15)9-4-6-12(16-2)10(13)7-9/h4,6-8,11H,3,5,14-15H2,1-2H3. The van der Waals surface area contributed by atoms with Crippen molar-refractivity contribution in [3.63, 3.8) is 0 Å². The van der Waals surface area contributed by atoms with Gasteiger partial charge < -0.3 is 16.2 Å². The third-order valence-corrected chi connectivity index (χ3v) is 2.83. The van der Waals surface area contributed by atoms with Crippen molar-refractivity contribution in [1.29, 1.82) is 0 Å². The maximum atomic E-state index is 6.05. The first-order valence-corrected chi connectivity index (χ1v) is 5.77. The van der Waals surface area contributed by atoms with Crippen LogP contribution in [0.2, 0.25) is 5.02 Å². The molecule has 16 heavy (non-hydrogen) atoms. The van der Waals surface area contributed by atoms with E-state index in [-0.39, 0.29) is 12.1 Å². The lowest BCUT2D eigenvalue weighted by atomic mass is 10.0. The zero-order valence-electron chi connectivity index (χ0n) is 9.74. The maximum absolute atomic E-state index is 6.05. The summed E-state index contributed by atoms with van der Waals surface area (Å²) in [6, 6.07) is 5.79.